The van der Waals surface area contributed by atoms with Gasteiger partial charge in [0.25, 0.3) is 0 Å². The molecule has 0 bridgehead atoms. The number of rotatable bonds is 22. The van der Waals surface area contributed by atoms with Gasteiger partial charge in [0.05, 0.1) is 21.3 Å². The SMILES string of the molecule is CC(C)[Si](OCCCCCCCCCCCOc1cc([Si](C(C)C)(C(C)C)C(C)C)ccc1CO)(C(C)C)C(C)C. The lowest BCUT2D eigenvalue weighted by Gasteiger charge is -2.44. The third kappa shape index (κ3) is 10.2. The Balaban J connectivity index is 2.39. The highest BCUT2D eigenvalue weighted by Crippen LogP contribution is 2.43. The van der Waals surface area contributed by atoms with Crippen LogP contribution in [0.4, 0.5) is 0 Å². The molecular weight excluding hydrogens is 537 g/mol. The Morgan fingerprint density at radius 3 is 1.37 bits per heavy atom. The van der Waals surface area contributed by atoms with Crippen molar-refractivity contribution >= 4 is 21.6 Å². The highest BCUT2D eigenvalue weighted by molar-refractivity contribution is 6.95. The lowest BCUT2D eigenvalue weighted by molar-refractivity contribution is 0.260. The maximum absolute atomic E-state index is 9.96. The van der Waals surface area contributed by atoms with Crippen molar-refractivity contribution in [2.75, 3.05) is 13.2 Å². The molecule has 41 heavy (non-hydrogen) atoms. The van der Waals surface area contributed by atoms with E-state index < -0.39 is 16.4 Å². The number of benzene rings is 1. The summed E-state index contributed by atoms with van der Waals surface area (Å²) in [4.78, 5) is 0. The fourth-order valence-corrected chi connectivity index (χ4v) is 20.7. The van der Waals surface area contributed by atoms with E-state index in [-0.39, 0.29) is 6.61 Å². The third-order valence-corrected chi connectivity index (χ3v) is 23.4. The van der Waals surface area contributed by atoms with Gasteiger partial charge in [-0.05, 0) is 52.2 Å². The van der Waals surface area contributed by atoms with Crippen LogP contribution in [0.5, 0.6) is 5.75 Å². The first-order chi connectivity index (χ1) is 19.3. The highest BCUT2D eigenvalue weighted by atomic mass is 28.4. The molecule has 0 aromatic heterocycles. The molecule has 0 spiro atoms. The molecule has 1 N–H and O–H groups in total. The van der Waals surface area contributed by atoms with Gasteiger partial charge >= 0.3 is 0 Å². The molecule has 3 nitrogen and oxygen atoms in total. The number of hydrogen-bond acceptors (Lipinski definition) is 3. The number of aliphatic hydroxyl groups excluding tert-OH is 1. The molecule has 0 fully saturated rings. The Hall–Kier alpha value is -0.626. The van der Waals surface area contributed by atoms with Crippen LogP contribution in [0.1, 0.15) is 146 Å². The smallest absolute Gasteiger partial charge is 0.200 e. The van der Waals surface area contributed by atoms with Gasteiger partial charge < -0.3 is 14.3 Å². The summed E-state index contributed by atoms with van der Waals surface area (Å²) >= 11 is 0. The van der Waals surface area contributed by atoms with Gasteiger partial charge in [0.15, 0.2) is 8.32 Å². The van der Waals surface area contributed by atoms with Crippen LogP contribution in [0.2, 0.25) is 33.2 Å². The minimum Gasteiger partial charge on any atom is -0.493 e. The molecule has 0 unspecified atom stereocenters. The van der Waals surface area contributed by atoms with Crippen molar-refractivity contribution in [1.29, 1.82) is 0 Å². The molecule has 1 rings (SSSR count). The molecule has 1 aromatic rings. The van der Waals surface area contributed by atoms with Crippen LogP contribution in [-0.2, 0) is 11.0 Å². The summed E-state index contributed by atoms with van der Waals surface area (Å²) in [6.45, 7) is 30.4. The van der Waals surface area contributed by atoms with Crippen molar-refractivity contribution in [2.24, 2.45) is 0 Å². The van der Waals surface area contributed by atoms with Crippen molar-refractivity contribution in [3.05, 3.63) is 23.8 Å². The van der Waals surface area contributed by atoms with Gasteiger partial charge in [-0.15, -0.1) is 0 Å². The Kier molecular flexibility index (Phi) is 17.7. The highest BCUT2D eigenvalue weighted by Gasteiger charge is 2.45. The van der Waals surface area contributed by atoms with E-state index in [9.17, 15) is 5.11 Å². The molecule has 0 amide bonds. The summed E-state index contributed by atoms with van der Waals surface area (Å²) < 4.78 is 13.0. The predicted octanol–water partition coefficient (Wildman–Crippen LogP) is 11.1. The fourth-order valence-electron chi connectivity index (χ4n) is 8.46. The molecule has 0 saturated heterocycles. The Morgan fingerprint density at radius 1 is 0.561 bits per heavy atom. The average Bonchev–Trinajstić information content (AvgIpc) is 2.88. The van der Waals surface area contributed by atoms with E-state index in [1.165, 1.54) is 56.6 Å². The second-order valence-electron chi connectivity index (χ2n) is 14.6. The number of aliphatic hydroxyl groups is 1. The summed E-state index contributed by atoms with van der Waals surface area (Å²) in [5.41, 5.74) is 4.92. The number of unbranched alkanes of at least 4 members (excludes halogenated alkanes) is 8. The standard InChI is InChI=1S/C36H70O3Si2/c1-28(2)40(29(3)4,30(5)6)35-23-22-34(27-37)36(26-35)38-24-20-18-16-14-13-15-17-19-21-25-39-41(31(7)8,32(9)10)33(11)12/h22-23,26,28-33,37H,13-21,24-25,27H2,1-12H3. The van der Waals surface area contributed by atoms with Crippen LogP contribution in [-0.4, -0.2) is 34.7 Å². The fraction of sp³-hybridized carbons (Fsp3) is 0.833. The summed E-state index contributed by atoms with van der Waals surface area (Å²) in [7, 11) is -3.44. The number of ether oxygens (including phenoxy) is 1. The second kappa shape index (κ2) is 18.9. The zero-order valence-electron chi connectivity index (χ0n) is 29.4. The van der Waals surface area contributed by atoms with Crippen molar-refractivity contribution in [3.63, 3.8) is 0 Å². The van der Waals surface area contributed by atoms with Gasteiger partial charge in [-0.2, -0.15) is 0 Å². The van der Waals surface area contributed by atoms with E-state index >= 15 is 0 Å². The van der Waals surface area contributed by atoms with Crippen LogP contribution in [0, 0.1) is 0 Å². The molecule has 0 heterocycles. The van der Waals surface area contributed by atoms with Gasteiger partial charge in [0, 0.05) is 12.2 Å². The van der Waals surface area contributed by atoms with Gasteiger partial charge in [-0.3, -0.25) is 0 Å². The first-order valence-electron chi connectivity index (χ1n) is 17.3. The molecular formula is C36H70O3Si2. The second-order valence-corrected chi connectivity index (χ2v) is 25.9. The quantitative estimate of drug-likeness (QED) is 0.105. The molecule has 0 saturated carbocycles. The van der Waals surface area contributed by atoms with E-state index in [0.717, 1.165) is 30.9 Å². The molecule has 5 heteroatoms. The summed E-state index contributed by atoms with van der Waals surface area (Å²) in [6, 6.07) is 6.69. The molecule has 0 aliphatic heterocycles. The van der Waals surface area contributed by atoms with Gasteiger partial charge in [-0.1, -0.05) is 145 Å². The first-order valence-corrected chi connectivity index (χ1v) is 21.7. The lowest BCUT2D eigenvalue weighted by Crippen LogP contribution is -2.55. The molecule has 240 valence electrons. The Labute approximate surface area is 258 Å². The Bertz CT molecular complexity index is 789. The van der Waals surface area contributed by atoms with E-state index in [1.807, 2.05) is 0 Å². The van der Waals surface area contributed by atoms with Crippen LogP contribution in [0.25, 0.3) is 0 Å². The predicted molar refractivity (Wildman–Crippen MR) is 187 cm³/mol. The summed E-state index contributed by atoms with van der Waals surface area (Å²) in [6.07, 6.45) is 11.4. The van der Waals surface area contributed by atoms with E-state index in [4.69, 9.17) is 9.16 Å². The van der Waals surface area contributed by atoms with Crippen LogP contribution in [0.3, 0.4) is 0 Å². The van der Waals surface area contributed by atoms with Gasteiger partial charge in [0.1, 0.15) is 5.75 Å². The Morgan fingerprint density at radius 2 is 0.976 bits per heavy atom. The monoisotopic (exact) mass is 606 g/mol. The largest absolute Gasteiger partial charge is 0.493 e. The van der Waals surface area contributed by atoms with Gasteiger partial charge in [-0.25, -0.2) is 0 Å². The molecule has 0 aliphatic carbocycles. The maximum atomic E-state index is 9.96. The van der Waals surface area contributed by atoms with Crippen molar-refractivity contribution in [2.45, 2.75) is 181 Å². The van der Waals surface area contributed by atoms with Crippen LogP contribution in [0.15, 0.2) is 18.2 Å². The maximum Gasteiger partial charge on any atom is 0.200 e. The molecule has 0 atom stereocenters. The zero-order valence-corrected chi connectivity index (χ0v) is 31.4. The minimum absolute atomic E-state index is 0.0390. The first kappa shape index (κ1) is 38.4. The third-order valence-electron chi connectivity index (χ3n) is 10.2. The topological polar surface area (TPSA) is 38.7 Å². The van der Waals surface area contributed by atoms with Crippen molar-refractivity contribution in [3.8, 4) is 5.75 Å². The summed E-state index contributed by atoms with van der Waals surface area (Å²) in [5, 5.41) is 11.4. The average molecular weight is 607 g/mol. The summed E-state index contributed by atoms with van der Waals surface area (Å²) in [5.74, 6) is 0.905. The lowest BCUT2D eigenvalue weighted by atomic mass is 10.1. The molecule has 0 aliphatic rings. The van der Waals surface area contributed by atoms with Crippen LogP contribution >= 0.6 is 0 Å². The minimum atomic E-state index is -1.74. The van der Waals surface area contributed by atoms with E-state index in [2.05, 4.69) is 101 Å². The van der Waals surface area contributed by atoms with Crippen molar-refractivity contribution in [1.82, 2.24) is 0 Å². The zero-order chi connectivity index (χ0) is 31.2. The molecule has 1 aromatic carbocycles. The molecule has 0 radical (unpaired) electrons. The van der Waals surface area contributed by atoms with Crippen molar-refractivity contribution < 1.29 is 14.3 Å². The van der Waals surface area contributed by atoms with Gasteiger partial charge in [0.2, 0.25) is 0 Å². The normalized spacial score (nSPS) is 13.1. The van der Waals surface area contributed by atoms with E-state index in [0.29, 0.717) is 33.2 Å². The van der Waals surface area contributed by atoms with Crippen LogP contribution < -0.4 is 9.92 Å². The van der Waals surface area contributed by atoms with E-state index in [1.54, 1.807) is 0 Å². The number of hydrogen-bond donors (Lipinski definition) is 1.